The van der Waals surface area contributed by atoms with Crippen LogP contribution in [0.2, 0.25) is 0 Å². The van der Waals surface area contributed by atoms with Gasteiger partial charge in [-0.3, -0.25) is 19.5 Å². The van der Waals surface area contributed by atoms with E-state index < -0.39 is 0 Å². The van der Waals surface area contributed by atoms with E-state index in [4.69, 9.17) is 17.0 Å². The van der Waals surface area contributed by atoms with Crippen molar-refractivity contribution in [2.75, 3.05) is 13.2 Å². The van der Waals surface area contributed by atoms with E-state index in [2.05, 4.69) is 23.3 Å². The third kappa shape index (κ3) is 5.23. The lowest BCUT2D eigenvalue weighted by molar-refractivity contribution is -0.123. The van der Waals surface area contributed by atoms with E-state index in [-0.39, 0.29) is 24.5 Å². The molecule has 0 saturated carbocycles. The topological polar surface area (TPSA) is 76.5 Å². The zero-order valence-electron chi connectivity index (χ0n) is 20.1. The molecule has 0 aliphatic carbocycles. The normalized spacial score (nSPS) is 19.1. The highest BCUT2D eigenvalue weighted by atomic mass is 32.2. The Morgan fingerprint density at radius 1 is 1.33 bits per heavy atom. The number of nitrogens with zero attached hydrogens (tertiary/aromatic N) is 3. The molecular weight excluding hydrogens is 492 g/mol. The predicted octanol–water partition coefficient (Wildman–Crippen LogP) is 4.30. The lowest BCUT2D eigenvalue weighted by atomic mass is 10.1. The van der Waals surface area contributed by atoms with E-state index in [1.807, 2.05) is 41.1 Å². The summed E-state index contributed by atoms with van der Waals surface area (Å²) in [5.74, 6) is -0.168. The number of aryl methyl sites for hydroxylation is 1. The lowest BCUT2D eigenvalue weighted by Gasteiger charge is -2.13. The summed E-state index contributed by atoms with van der Waals surface area (Å²) in [7, 11) is 0. The summed E-state index contributed by atoms with van der Waals surface area (Å²) in [4.78, 5) is 32.3. The first-order valence-corrected chi connectivity index (χ1v) is 13.4. The van der Waals surface area contributed by atoms with Crippen molar-refractivity contribution in [3.8, 4) is 0 Å². The number of para-hydroxylation sites is 1. The second kappa shape index (κ2) is 10.9. The quantitative estimate of drug-likeness (QED) is 0.353. The van der Waals surface area contributed by atoms with E-state index in [0.29, 0.717) is 22.3 Å². The zero-order valence-corrected chi connectivity index (χ0v) is 21.7. The molecule has 5 rings (SSSR count). The Balaban J connectivity index is 1.40. The van der Waals surface area contributed by atoms with Gasteiger partial charge in [0, 0.05) is 42.7 Å². The van der Waals surface area contributed by atoms with E-state index >= 15 is 0 Å². The molecule has 2 aliphatic rings. The first-order valence-electron chi connectivity index (χ1n) is 12.2. The summed E-state index contributed by atoms with van der Waals surface area (Å²) in [6.45, 7) is 4.00. The SMILES string of the molecule is CCc1cccc2c(/C=C3\SC(=S)N(Cc4cccnc4)C3=O)cn(CC(=O)NC[C@@H]3CCCO3)c12. The fourth-order valence-corrected chi connectivity index (χ4v) is 5.93. The molecule has 1 aromatic carbocycles. The molecule has 4 heterocycles. The second-order valence-corrected chi connectivity index (χ2v) is 10.6. The summed E-state index contributed by atoms with van der Waals surface area (Å²) in [5, 5.41) is 4.02. The number of fused-ring (bicyclic) bond motifs is 1. The van der Waals surface area contributed by atoms with E-state index in [1.54, 1.807) is 17.3 Å². The molecular formula is C27H28N4O3S2. The number of thioether (sulfide) groups is 1. The maximum Gasteiger partial charge on any atom is 0.266 e. The van der Waals surface area contributed by atoms with Crippen molar-refractivity contribution < 1.29 is 14.3 Å². The Hall–Kier alpha value is -3.01. The number of pyridine rings is 1. The molecule has 2 aromatic heterocycles. The summed E-state index contributed by atoms with van der Waals surface area (Å²) >= 11 is 6.83. The van der Waals surface area contributed by atoms with Crippen LogP contribution in [0.3, 0.4) is 0 Å². The molecule has 2 fully saturated rings. The predicted molar refractivity (Wildman–Crippen MR) is 146 cm³/mol. The Labute approximate surface area is 219 Å². The smallest absolute Gasteiger partial charge is 0.266 e. The van der Waals surface area contributed by atoms with Gasteiger partial charge in [0.1, 0.15) is 10.9 Å². The van der Waals surface area contributed by atoms with E-state index in [0.717, 1.165) is 53.5 Å². The van der Waals surface area contributed by atoms with Crippen molar-refractivity contribution in [1.29, 1.82) is 0 Å². The number of rotatable bonds is 8. The van der Waals surface area contributed by atoms with Gasteiger partial charge in [-0.1, -0.05) is 55.2 Å². The van der Waals surface area contributed by atoms with Crippen LogP contribution in [0, 0.1) is 0 Å². The molecule has 0 radical (unpaired) electrons. The van der Waals surface area contributed by atoms with Crippen molar-refractivity contribution in [2.45, 2.75) is 45.4 Å². The van der Waals surface area contributed by atoms with Crippen LogP contribution in [-0.2, 0) is 33.8 Å². The molecule has 0 unspecified atom stereocenters. The number of carbonyl (C=O) groups is 2. The minimum Gasteiger partial charge on any atom is -0.376 e. The Kier molecular flexibility index (Phi) is 7.50. The zero-order chi connectivity index (χ0) is 25.1. The summed E-state index contributed by atoms with van der Waals surface area (Å²) in [5.41, 5.74) is 4.00. The van der Waals surface area contributed by atoms with Gasteiger partial charge in [-0.05, 0) is 42.5 Å². The van der Waals surface area contributed by atoms with Crippen molar-refractivity contribution in [2.24, 2.45) is 0 Å². The number of nitrogens with one attached hydrogen (secondary N) is 1. The molecule has 2 amide bonds. The van der Waals surface area contributed by atoms with Gasteiger partial charge in [0.05, 0.1) is 23.1 Å². The van der Waals surface area contributed by atoms with Gasteiger partial charge >= 0.3 is 0 Å². The van der Waals surface area contributed by atoms with E-state index in [1.165, 1.54) is 11.8 Å². The first kappa shape index (κ1) is 24.7. The third-order valence-corrected chi connectivity index (χ3v) is 7.86. The van der Waals surface area contributed by atoms with Gasteiger partial charge < -0.3 is 14.6 Å². The lowest BCUT2D eigenvalue weighted by Crippen LogP contribution is -2.34. The van der Waals surface area contributed by atoms with Gasteiger partial charge in [-0.25, -0.2) is 0 Å². The highest BCUT2D eigenvalue weighted by Crippen LogP contribution is 2.35. The van der Waals surface area contributed by atoms with E-state index in [9.17, 15) is 9.59 Å². The van der Waals surface area contributed by atoms with Crippen LogP contribution in [-0.4, -0.2) is 49.8 Å². The Bertz CT molecular complexity index is 1330. The minimum absolute atomic E-state index is 0.0531. The highest BCUT2D eigenvalue weighted by molar-refractivity contribution is 8.26. The van der Waals surface area contributed by atoms with Crippen molar-refractivity contribution in [1.82, 2.24) is 19.8 Å². The van der Waals surface area contributed by atoms with Gasteiger partial charge in [0.25, 0.3) is 5.91 Å². The summed E-state index contributed by atoms with van der Waals surface area (Å²) in [6.07, 6.45) is 10.3. The van der Waals surface area contributed by atoms with Crippen LogP contribution in [0.4, 0.5) is 0 Å². The maximum atomic E-state index is 13.2. The fraction of sp³-hybridized carbons (Fsp3) is 0.333. The monoisotopic (exact) mass is 520 g/mol. The van der Waals surface area contributed by atoms with Crippen LogP contribution in [0.1, 0.15) is 36.5 Å². The number of thiocarbonyl (C=S) groups is 1. The van der Waals surface area contributed by atoms with Gasteiger partial charge in [0.2, 0.25) is 5.91 Å². The van der Waals surface area contributed by atoms with Gasteiger partial charge in [-0.15, -0.1) is 0 Å². The number of benzene rings is 1. The molecule has 36 heavy (non-hydrogen) atoms. The van der Waals surface area contributed by atoms with Crippen LogP contribution in [0.25, 0.3) is 17.0 Å². The van der Waals surface area contributed by atoms with Crippen LogP contribution in [0.15, 0.2) is 53.8 Å². The number of hydrogen-bond acceptors (Lipinski definition) is 6. The number of amides is 2. The molecule has 3 aromatic rings. The van der Waals surface area contributed by atoms with Crippen molar-refractivity contribution >= 4 is 57.1 Å². The number of carbonyl (C=O) groups excluding carboxylic acids is 2. The third-order valence-electron chi connectivity index (χ3n) is 6.48. The standard InChI is InChI=1S/C27H28N4O3S2/c1-2-19-7-3-9-22-20(16-30(25(19)22)17-24(32)29-14-21-8-5-11-34-21)12-23-26(33)31(27(35)36-23)15-18-6-4-10-28-13-18/h3-4,6-7,9-10,12-13,16,21H,2,5,8,11,14-15,17H2,1H3,(H,29,32)/b23-12-/t21-/m0/s1. The Morgan fingerprint density at radius 3 is 2.97 bits per heavy atom. The number of hydrogen-bond donors (Lipinski definition) is 1. The molecule has 1 N–H and O–H groups in total. The van der Waals surface area contributed by atoms with Crippen molar-refractivity contribution in [3.05, 3.63) is 70.5 Å². The first-order chi connectivity index (χ1) is 17.5. The molecule has 186 valence electrons. The van der Waals surface area contributed by atoms with Gasteiger partial charge in [0.15, 0.2) is 0 Å². The number of aromatic nitrogens is 2. The molecule has 1 atom stereocenters. The maximum absolute atomic E-state index is 13.2. The van der Waals surface area contributed by atoms with Crippen molar-refractivity contribution in [3.63, 3.8) is 0 Å². The minimum atomic E-state index is -0.115. The Morgan fingerprint density at radius 2 is 2.22 bits per heavy atom. The molecule has 9 heteroatoms. The highest BCUT2D eigenvalue weighted by Gasteiger charge is 2.32. The molecule has 0 spiro atoms. The largest absolute Gasteiger partial charge is 0.376 e. The molecule has 2 saturated heterocycles. The van der Waals surface area contributed by atoms with Crippen LogP contribution in [0.5, 0.6) is 0 Å². The van der Waals surface area contributed by atoms with Crippen LogP contribution < -0.4 is 5.32 Å². The second-order valence-electron chi connectivity index (χ2n) is 8.95. The number of ether oxygens (including phenoxy) is 1. The summed E-state index contributed by atoms with van der Waals surface area (Å²) < 4.78 is 8.14. The molecule has 0 bridgehead atoms. The fourth-order valence-electron chi connectivity index (χ4n) is 4.69. The summed E-state index contributed by atoms with van der Waals surface area (Å²) in [6, 6.07) is 9.92. The van der Waals surface area contributed by atoms with Crippen LogP contribution >= 0.6 is 24.0 Å². The molecule has 2 aliphatic heterocycles. The average Bonchev–Trinajstić information content (AvgIpc) is 3.60. The van der Waals surface area contributed by atoms with Gasteiger partial charge in [-0.2, -0.15) is 0 Å². The molecule has 7 nitrogen and oxygen atoms in total. The average molecular weight is 521 g/mol.